The molecule has 32 heavy (non-hydrogen) atoms. The highest BCUT2D eigenvalue weighted by atomic mass is 35.5. The van der Waals surface area contributed by atoms with Crippen LogP contribution in [-0.2, 0) is 0 Å². The Balaban J connectivity index is 2.05. The molecule has 0 saturated carbocycles. The third kappa shape index (κ3) is 4.68. The van der Waals surface area contributed by atoms with Crippen LogP contribution >= 0.6 is 23.2 Å². The molecule has 1 aromatic carbocycles. The lowest BCUT2D eigenvalue weighted by atomic mass is 10.2. The highest BCUT2D eigenvalue weighted by Gasteiger charge is 2.17. The van der Waals surface area contributed by atoms with Crippen molar-refractivity contribution in [2.45, 2.75) is 26.8 Å². The molecule has 0 fully saturated rings. The van der Waals surface area contributed by atoms with Crippen molar-refractivity contribution in [1.82, 2.24) is 19.3 Å². The highest BCUT2D eigenvalue weighted by molar-refractivity contribution is 6.37. The Morgan fingerprint density at radius 1 is 1.16 bits per heavy atom. The van der Waals surface area contributed by atoms with E-state index < -0.39 is 23.2 Å². The van der Waals surface area contributed by atoms with Gasteiger partial charge in [0.2, 0.25) is 0 Å². The number of carbonyl (C=O) groups is 1. The Hall–Kier alpha value is -3.57. The first-order valence-electron chi connectivity index (χ1n) is 9.09. The first-order chi connectivity index (χ1) is 15.0. The van der Waals surface area contributed by atoms with Crippen LogP contribution in [0.5, 0.6) is 17.4 Å². The molecule has 0 spiro atoms. The van der Waals surface area contributed by atoms with Gasteiger partial charge in [0.25, 0.3) is 5.56 Å². The van der Waals surface area contributed by atoms with E-state index in [1.54, 1.807) is 13.0 Å². The van der Waals surface area contributed by atoms with Crippen molar-refractivity contribution in [2.24, 2.45) is 5.73 Å². The van der Waals surface area contributed by atoms with Crippen molar-refractivity contribution in [2.75, 3.05) is 0 Å². The van der Waals surface area contributed by atoms with Gasteiger partial charge < -0.3 is 19.8 Å². The van der Waals surface area contributed by atoms with E-state index in [-0.39, 0.29) is 33.1 Å². The van der Waals surface area contributed by atoms with E-state index in [2.05, 4.69) is 9.84 Å². The zero-order valence-electron chi connectivity index (χ0n) is 17.0. The van der Waals surface area contributed by atoms with Gasteiger partial charge in [0.1, 0.15) is 5.75 Å². The van der Waals surface area contributed by atoms with Gasteiger partial charge in [-0.15, -0.1) is 5.10 Å². The van der Waals surface area contributed by atoms with Gasteiger partial charge in [0.15, 0.2) is 5.75 Å². The second-order valence-corrected chi connectivity index (χ2v) is 7.72. The summed E-state index contributed by atoms with van der Waals surface area (Å²) in [7, 11) is 0. The molecule has 0 aliphatic rings. The minimum absolute atomic E-state index is 0.00437. The van der Waals surface area contributed by atoms with Crippen molar-refractivity contribution in [3.63, 3.8) is 0 Å². The number of primary amides is 1. The number of nitrogens with one attached hydrogen (secondary N) is 1. The summed E-state index contributed by atoms with van der Waals surface area (Å²) in [5.74, 6) is -0.351. The molecule has 1 amide bonds. The summed E-state index contributed by atoms with van der Waals surface area (Å²) in [5.41, 5.74) is 3.26. The second kappa shape index (κ2) is 8.89. The molecular weight excluding hydrogens is 465 g/mol. The molecule has 168 valence electrons. The molecule has 0 unspecified atom stereocenters. The summed E-state index contributed by atoms with van der Waals surface area (Å²) in [6.45, 7) is 5.36. The number of ether oxygens (including phenoxy) is 2. The minimum atomic E-state index is -1.29. The molecule has 3 N–H and O–H groups in total. The molecule has 11 nitrogen and oxygen atoms in total. The fourth-order valence-electron chi connectivity index (χ4n) is 2.76. The lowest BCUT2D eigenvalue weighted by Gasteiger charge is -2.16. The van der Waals surface area contributed by atoms with Gasteiger partial charge in [-0.05, 0) is 39.0 Å². The standard InChI is InChI=1S/C19H17Cl2N5O6/c1-8(2)25-7-11(4-9(3)17(25)28)31-14-12(20)5-10(6-13(14)21)26-19(30)23-15(27)16(24-26)32-18(22)29/h4-8H,1-3H3,(H2,22,29)(H,23,27,30). The number of hydrogen-bond donors (Lipinski definition) is 2. The van der Waals surface area contributed by atoms with E-state index in [0.29, 0.717) is 16.0 Å². The van der Waals surface area contributed by atoms with Crippen LogP contribution in [0.25, 0.3) is 5.69 Å². The number of aromatic nitrogens is 4. The van der Waals surface area contributed by atoms with E-state index in [1.807, 2.05) is 18.8 Å². The van der Waals surface area contributed by atoms with Gasteiger partial charge >= 0.3 is 23.2 Å². The molecule has 3 rings (SSSR count). The molecule has 0 radical (unpaired) electrons. The number of aromatic amines is 1. The van der Waals surface area contributed by atoms with Crippen molar-refractivity contribution in [3.05, 3.63) is 71.2 Å². The first kappa shape index (κ1) is 23.1. The number of hydrogen-bond acceptors (Lipinski definition) is 7. The van der Waals surface area contributed by atoms with Crippen molar-refractivity contribution >= 4 is 29.3 Å². The lowest BCUT2D eigenvalue weighted by molar-refractivity contribution is 0.207. The van der Waals surface area contributed by atoms with Gasteiger partial charge in [0.05, 0.1) is 21.9 Å². The maximum absolute atomic E-state index is 12.3. The van der Waals surface area contributed by atoms with Crippen molar-refractivity contribution < 1.29 is 14.3 Å². The maximum atomic E-state index is 12.3. The highest BCUT2D eigenvalue weighted by Crippen LogP contribution is 2.38. The Morgan fingerprint density at radius 2 is 1.78 bits per heavy atom. The van der Waals surface area contributed by atoms with Gasteiger partial charge in [0, 0.05) is 11.6 Å². The van der Waals surface area contributed by atoms with Crippen LogP contribution < -0.4 is 32.0 Å². The van der Waals surface area contributed by atoms with Crippen molar-refractivity contribution in [1.29, 1.82) is 0 Å². The summed E-state index contributed by atoms with van der Waals surface area (Å²) in [4.78, 5) is 49.0. The molecule has 0 saturated heterocycles. The van der Waals surface area contributed by atoms with Crippen LogP contribution in [0.1, 0.15) is 25.5 Å². The quantitative estimate of drug-likeness (QED) is 0.567. The fraction of sp³-hybridized carbons (Fsp3) is 0.211. The van der Waals surface area contributed by atoms with E-state index >= 15 is 0 Å². The SMILES string of the molecule is Cc1cc(Oc2c(Cl)cc(-n3nc(OC(N)=O)c(=O)[nH]c3=O)cc2Cl)cn(C(C)C)c1=O. The minimum Gasteiger partial charge on any atom is -0.453 e. The number of carbonyl (C=O) groups excluding carboxylic acids is 1. The average molecular weight is 482 g/mol. The van der Waals surface area contributed by atoms with Crippen LogP contribution in [0.15, 0.2) is 38.8 Å². The summed E-state index contributed by atoms with van der Waals surface area (Å²) >= 11 is 12.6. The number of H-pyrrole nitrogens is 1. The van der Waals surface area contributed by atoms with E-state index in [9.17, 15) is 19.2 Å². The first-order valence-corrected chi connectivity index (χ1v) is 9.84. The Labute approximate surface area is 189 Å². The second-order valence-electron chi connectivity index (χ2n) is 6.90. The van der Waals surface area contributed by atoms with Crippen LogP contribution in [-0.4, -0.2) is 25.4 Å². The molecule has 0 aliphatic carbocycles. The predicted molar refractivity (Wildman–Crippen MR) is 117 cm³/mol. The number of nitrogens with zero attached hydrogens (tertiary/aromatic N) is 3. The number of rotatable bonds is 5. The number of nitrogens with two attached hydrogens (primary N) is 1. The summed E-state index contributed by atoms with van der Waals surface area (Å²) < 4.78 is 12.5. The third-order valence-corrected chi connectivity index (χ3v) is 4.76. The van der Waals surface area contributed by atoms with Crippen LogP contribution in [0.3, 0.4) is 0 Å². The predicted octanol–water partition coefficient (Wildman–Crippen LogP) is 2.53. The summed E-state index contributed by atoms with van der Waals surface area (Å²) in [5, 5.41) is 3.68. The van der Waals surface area contributed by atoms with E-state index in [4.69, 9.17) is 33.7 Å². The number of pyridine rings is 1. The van der Waals surface area contributed by atoms with Crippen LogP contribution in [0.2, 0.25) is 10.0 Å². The normalized spacial score (nSPS) is 10.9. The van der Waals surface area contributed by atoms with Gasteiger partial charge in [-0.25, -0.2) is 9.59 Å². The molecule has 3 aromatic rings. The maximum Gasteiger partial charge on any atom is 0.411 e. The number of amides is 1. The Morgan fingerprint density at radius 3 is 2.34 bits per heavy atom. The topological polar surface area (TPSA) is 151 Å². The Kier molecular flexibility index (Phi) is 6.42. The average Bonchev–Trinajstić information content (AvgIpc) is 2.68. The van der Waals surface area contributed by atoms with Gasteiger partial charge in [-0.3, -0.25) is 14.6 Å². The smallest absolute Gasteiger partial charge is 0.411 e. The number of aryl methyl sites for hydroxylation is 1. The van der Waals surface area contributed by atoms with Crippen LogP contribution in [0.4, 0.5) is 4.79 Å². The monoisotopic (exact) mass is 481 g/mol. The van der Waals surface area contributed by atoms with Crippen LogP contribution in [0, 0.1) is 6.92 Å². The zero-order valence-corrected chi connectivity index (χ0v) is 18.5. The van der Waals surface area contributed by atoms with E-state index in [1.165, 1.54) is 22.9 Å². The molecule has 2 aromatic heterocycles. The largest absolute Gasteiger partial charge is 0.453 e. The molecule has 0 aliphatic heterocycles. The summed E-state index contributed by atoms with van der Waals surface area (Å²) in [6.07, 6.45) is 0.244. The van der Waals surface area contributed by atoms with E-state index in [0.717, 1.165) is 0 Å². The molecule has 13 heteroatoms. The number of benzene rings is 1. The number of halogens is 2. The molecule has 2 heterocycles. The summed E-state index contributed by atoms with van der Waals surface area (Å²) in [6, 6.07) is 4.04. The molecule has 0 atom stereocenters. The molecule has 0 bridgehead atoms. The van der Waals surface area contributed by atoms with Gasteiger partial charge in [-0.1, -0.05) is 23.2 Å². The lowest BCUT2D eigenvalue weighted by Crippen LogP contribution is -2.34. The van der Waals surface area contributed by atoms with Crippen molar-refractivity contribution in [3.8, 4) is 23.1 Å². The Bertz CT molecular complexity index is 1370. The van der Waals surface area contributed by atoms with Gasteiger partial charge in [-0.2, -0.15) is 4.68 Å². The fourth-order valence-corrected chi connectivity index (χ4v) is 3.31. The third-order valence-electron chi connectivity index (χ3n) is 4.20. The zero-order chi connectivity index (χ0) is 23.7. The molecular formula is C19H17Cl2N5O6.